The highest BCUT2D eigenvalue weighted by Crippen LogP contribution is 2.32. The fraction of sp³-hybridized carbons (Fsp3) is 0.684. The molecule has 0 spiro atoms. The number of nitrogens with one attached hydrogen (secondary N) is 2. The molecular weight excluding hydrogens is 434 g/mol. The van der Waals surface area contributed by atoms with Crippen LogP contribution in [-0.4, -0.2) is 58.4 Å². The van der Waals surface area contributed by atoms with E-state index in [2.05, 4.69) is 20.8 Å². The Bertz CT molecular complexity index is 783. The zero-order valence-corrected chi connectivity index (χ0v) is 17.8. The minimum atomic E-state index is -0.853. The SMILES string of the molecule is O=CN(O)C[C@H](CC1CCCC1)C(=O)NNc1nc(Cl)nc(N2CCC[C@@H]2CF)c1F. The average molecular weight is 461 g/mol. The molecular formula is C19H27ClF2N6O3. The summed E-state index contributed by atoms with van der Waals surface area (Å²) in [6.45, 7) is -0.387. The number of nitrogens with zero attached hydrogens (tertiary/aromatic N) is 4. The zero-order chi connectivity index (χ0) is 22.4. The largest absolute Gasteiger partial charge is 0.348 e. The molecule has 2 amide bonds. The van der Waals surface area contributed by atoms with Crippen molar-refractivity contribution in [3.05, 3.63) is 11.1 Å². The number of hydrazine groups is 1. The van der Waals surface area contributed by atoms with Crippen molar-refractivity contribution in [1.29, 1.82) is 0 Å². The van der Waals surface area contributed by atoms with E-state index in [9.17, 15) is 19.2 Å². The second-order valence-corrected chi connectivity index (χ2v) is 8.39. The number of hydrogen-bond acceptors (Lipinski definition) is 7. The maximum Gasteiger partial charge on any atom is 0.243 e. The van der Waals surface area contributed by atoms with Gasteiger partial charge in [-0.2, -0.15) is 14.4 Å². The molecule has 31 heavy (non-hydrogen) atoms. The molecule has 3 N–H and O–H groups in total. The maximum atomic E-state index is 15.0. The van der Waals surface area contributed by atoms with Gasteiger partial charge in [0, 0.05) is 6.54 Å². The Morgan fingerprint density at radius 2 is 2.06 bits per heavy atom. The van der Waals surface area contributed by atoms with Crippen LogP contribution in [0.1, 0.15) is 44.9 Å². The molecule has 1 aliphatic heterocycles. The molecule has 3 rings (SSSR count). The lowest BCUT2D eigenvalue weighted by Crippen LogP contribution is -2.41. The van der Waals surface area contributed by atoms with Crippen LogP contribution in [-0.2, 0) is 9.59 Å². The van der Waals surface area contributed by atoms with Gasteiger partial charge in [0.25, 0.3) is 0 Å². The Morgan fingerprint density at radius 1 is 1.32 bits per heavy atom. The first-order valence-corrected chi connectivity index (χ1v) is 10.8. The minimum Gasteiger partial charge on any atom is -0.348 e. The number of amides is 2. The molecule has 2 atom stereocenters. The summed E-state index contributed by atoms with van der Waals surface area (Å²) in [4.78, 5) is 32.7. The van der Waals surface area contributed by atoms with E-state index >= 15 is 4.39 Å². The van der Waals surface area contributed by atoms with Crippen molar-refractivity contribution in [1.82, 2.24) is 20.5 Å². The Kier molecular flexibility index (Phi) is 8.19. The van der Waals surface area contributed by atoms with Crippen LogP contribution in [0, 0.1) is 17.7 Å². The lowest BCUT2D eigenvalue weighted by molar-refractivity contribution is -0.154. The highest BCUT2D eigenvalue weighted by molar-refractivity contribution is 6.28. The zero-order valence-electron chi connectivity index (χ0n) is 17.1. The molecule has 1 aliphatic carbocycles. The summed E-state index contributed by atoms with van der Waals surface area (Å²) >= 11 is 5.93. The molecule has 1 saturated carbocycles. The number of hydrogen-bond donors (Lipinski definition) is 3. The summed E-state index contributed by atoms with van der Waals surface area (Å²) < 4.78 is 28.2. The maximum absolute atomic E-state index is 15.0. The number of hydroxylamine groups is 2. The van der Waals surface area contributed by atoms with Gasteiger partial charge in [-0.3, -0.25) is 25.6 Å². The summed E-state index contributed by atoms with van der Waals surface area (Å²) in [7, 11) is 0. The smallest absolute Gasteiger partial charge is 0.243 e. The van der Waals surface area contributed by atoms with Crippen molar-refractivity contribution < 1.29 is 23.6 Å². The van der Waals surface area contributed by atoms with Crippen molar-refractivity contribution in [2.45, 2.75) is 51.0 Å². The highest BCUT2D eigenvalue weighted by Gasteiger charge is 2.31. The lowest BCUT2D eigenvalue weighted by atomic mass is 9.92. The average Bonchev–Trinajstić information content (AvgIpc) is 3.44. The van der Waals surface area contributed by atoms with Crippen LogP contribution >= 0.6 is 11.6 Å². The summed E-state index contributed by atoms with van der Waals surface area (Å²) in [6.07, 6.45) is 6.12. The van der Waals surface area contributed by atoms with Gasteiger partial charge in [0.1, 0.15) is 6.67 Å². The first-order chi connectivity index (χ1) is 14.9. The monoisotopic (exact) mass is 460 g/mol. The second-order valence-electron chi connectivity index (χ2n) is 8.05. The molecule has 2 heterocycles. The Hall–Kier alpha value is -2.27. The lowest BCUT2D eigenvalue weighted by Gasteiger charge is -2.25. The van der Waals surface area contributed by atoms with Crippen LogP contribution in [0.25, 0.3) is 0 Å². The Morgan fingerprint density at radius 3 is 2.74 bits per heavy atom. The number of anilines is 2. The van der Waals surface area contributed by atoms with Crippen LogP contribution in [0.15, 0.2) is 0 Å². The van der Waals surface area contributed by atoms with Gasteiger partial charge < -0.3 is 4.90 Å². The highest BCUT2D eigenvalue weighted by atomic mass is 35.5. The molecule has 9 nitrogen and oxygen atoms in total. The van der Waals surface area contributed by atoms with E-state index < -0.39 is 30.4 Å². The predicted octanol–water partition coefficient (Wildman–Crippen LogP) is 2.69. The standard InChI is InChI=1S/C19H27ClF2N6O3/c20-19-23-16(15(22)17(24-19)28-7-3-6-14(28)9-21)25-26-18(30)13(10-27(31)11-29)8-12-4-1-2-5-12/h11-14,31H,1-10H2,(H,26,30)(H,23,24,25)/t13-,14+/m0/s1. The van der Waals surface area contributed by atoms with Gasteiger partial charge in [0.2, 0.25) is 23.4 Å². The molecule has 1 aromatic heterocycles. The molecule has 2 fully saturated rings. The summed E-state index contributed by atoms with van der Waals surface area (Å²) in [5.41, 5.74) is 4.82. The molecule has 172 valence electrons. The molecule has 0 aromatic carbocycles. The van der Waals surface area contributed by atoms with Crippen molar-refractivity contribution >= 4 is 35.6 Å². The van der Waals surface area contributed by atoms with Gasteiger partial charge in [0.15, 0.2) is 11.6 Å². The molecule has 2 aliphatic rings. The fourth-order valence-corrected chi connectivity index (χ4v) is 4.53. The van der Waals surface area contributed by atoms with E-state index in [0.29, 0.717) is 36.8 Å². The van der Waals surface area contributed by atoms with Crippen molar-refractivity contribution in [3.8, 4) is 0 Å². The third kappa shape index (κ3) is 5.91. The fourth-order valence-electron chi connectivity index (χ4n) is 4.36. The van der Waals surface area contributed by atoms with Gasteiger partial charge >= 0.3 is 0 Å². The van der Waals surface area contributed by atoms with E-state index in [-0.39, 0.29) is 29.9 Å². The van der Waals surface area contributed by atoms with Gasteiger partial charge in [-0.15, -0.1) is 0 Å². The number of aromatic nitrogens is 2. The summed E-state index contributed by atoms with van der Waals surface area (Å²) in [5.74, 6) is -2.22. The van der Waals surface area contributed by atoms with Crippen molar-refractivity contribution in [2.75, 3.05) is 30.1 Å². The molecule has 12 heteroatoms. The number of carbonyl (C=O) groups excluding carboxylic acids is 2. The van der Waals surface area contributed by atoms with E-state index in [1.807, 2.05) is 0 Å². The first kappa shape index (κ1) is 23.4. The van der Waals surface area contributed by atoms with E-state index in [1.54, 1.807) is 0 Å². The Balaban J connectivity index is 1.70. The third-order valence-electron chi connectivity index (χ3n) is 5.93. The predicted molar refractivity (Wildman–Crippen MR) is 110 cm³/mol. The first-order valence-electron chi connectivity index (χ1n) is 10.4. The van der Waals surface area contributed by atoms with E-state index in [0.717, 1.165) is 25.7 Å². The number of halogens is 3. The van der Waals surface area contributed by atoms with Crippen LogP contribution in [0.4, 0.5) is 20.4 Å². The molecule has 1 aromatic rings. The molecule has 0 radical (unpaired) electrons. The van der Waals surface area contributed by atoms with Gasteiger partial charge in [-0.05, 0) is 36.8 Å². The van der Waals surface area contributed by atoms with E-state index in [4.69, 9.17) is 11.6 Å². The van der Waals surface area contributed by atoms with Crippen LogP contribution < -0.4 is 15.8 Å². The molecule has 1 saturated heterocycles. The summed E-state index contributed by atoms with van der Waals surface area (Å²) in [6, 6.07) is -0.488. The molecule has 0 bridgehead atoms. The minimum absolute atomic E-state index is 0.123. The van der Waals surface area contributed by atoms with Crippen molar-refractivity contribution in [3.63, 3.8) is 0 Å². The van der Waals surface area contributed by atoms with Gasteiger partial charge in [-0.1, -0.05) is 25.7 Å². The number of carbonyl (C=O) groups is 2. The van der Waals surface area contributed by atoms with Crippen LogP contribution in [0.2, 0.25) is 5.28 Å². The Labute approximate surface area is 184 Å². The topological polar surface area (TPSA) is 111 Å². The second kappa shape index (κ2) is 10.9. The van der Waals surface area contributed by atoms with Gasteiger partial charge in [-0.25, -0.2) is 9.45 Å². The third-order valence-corrected chi connectivity index (χ3v) is 6.10. The van der Waals surface area contributed by atoms with Crippen LogP contribution in [0.3, 0.4) is 0 Å². The quantitative estimate of drug-likeness (QED) is 0.213. The summed E-state index contributed by atoms with van der Waals surface area (Å²) in [5, 5.41) is 9.73. The van der Waals surface area contributed by atoms with E-state index in [1.165, 1.54) is 4.90 Å². The molecule has 0 unspecified atom stereocenters. The van der Waals surface area contributed by atoms with Gasteiger partial charge in [0.05, 0.1) is 18.5 Å². The normalized spacial score (nSPS) is 20.0. The van der Waals surface area contributed by atoms with Crippen molar-refractivity contribution in [2.24, 2.45) is 11.8 Å². The number of alkyl halides is 1. The van der Waals surface area contributed by atoms with Crippen LogP contribution in [0.5, 0.6) is 0 Å². The number of rotatable bonds is 10.